The summed E-state index contributed by atoms with van der Waals surface area (Å²) < 4.78 is 19.5. The number of halogens is 1. The number of phenols is 1. The maximum absolute atomic E-state index is 13.6. The topological polar surface area (TPSA) is 96.0 Å². The molecule has 3 aromatic rings. The van der Waals surface area contributed by atoms with Crippen molar-refractivity contribution in [3.63, 3.8) is 0 Å². The van der Waals surface area contributed by atoms with Gasteiger partial charge in [-0.15, -0.1) is 0 Å². The molecule has 1 aliphatic heterocycles. The van der Waals surface area contributed by atoms with E-state index in [-0.39, 0.29) is 5.41 Å². The van der Waals surface area contributed by atoms with E-state index in [4.69, 9.17) is 4.74 Å². The molecule has 0 atom stereocenters. The predicted molar refractivity (Wildman–Crippen MR) is 85.2 cm³/mol. The van der Waals surface area contributed by atoms with E-state index in [9.17, 15) is 9.50 Å². The van der Waals surface area contributed by atoms with Crippen LogP contribution in [0.3, 0.4) is 0 Å². The molecule has 1 aromatic carbocycles. The first kappa shape index (κ1) is 14.8. The third-order valence-electron chi connectivity index (χ3n) is 4.14. The van der Waals surface area contributed by atoms with Crippen LogP contribution in [-0.4, -0.2) is 45.0 Å². The van der Waals surface area contributed by atoms with Crippen LogP contribution in [-0.2, 0) is 0 Å². The molecule has 0 bridgehead atoms. The molecule has 1 aliphatic rings. The van der Waals surface area contributed by atoms with E-state index >= 15 is 0 Å². The summed E-state index contributed by atoms with van der Waals surface area (Å²) in [4.78, 5) is 8.76. The van der Waals surface area contributed by atoms with Crippen LogP contribution in [0.5, 0.6) is 11.6 Å². The van der Waals surface area contributed by atoms with Gasteiger partial charge in [0.1, 0.15) is 5.39 Å². The number of rotatable bonds is 4. The van der Waals surface area contributed by atoms with Gasteiger partial charge in [-0.25, -0.2) is 9.37 Å². The number of aromatic hydroxyl groups is 1. The second kappa shape index (κ2) is 5.41. The highest BCUT2D eigenvalue weighted by Crippen LogP contribution is 2.29. The fourth-order valence-electron chi connectivity index (χ4n) is 2.59. The molecule has 124 valence electrons. The summed E-state index contributed by atoms with van der Waals surface area (Å²) in [5, 5.41) is 20.0. The normalized spacial score (nSPS) is 16.1. The highest BCUT2D eigenvalue weighted by atomic mass is 19.1. The van der Waals surface area contributed by atoms with E-state index in [1.807, 2.05) is 0 Å². The van der Waals surface area contributed by atoms with Gasteiger partial charge < -0.3 is 15.2 Å². The van der Waals surface area contributed by atoms with Crippen molar-refractivity contribution in [2.24, 2.45) is 5.41 Å². The standard InChI is InChI=1S/C16H16FN5O2/c1-16(6-18-7-16)8-24-15-10-5-19-22-14(10)20-13(21-15)9-2-3-12(23)11(17)4-9/h2-5,18,23H,6-8H2,1H3,(H,19,20,21,22). The molecule has 0 unspecified atom stereocenters. The Morgan fingerprint density at radius 1 is 1.33 bits per heavy atom. The number of fused-ring (bicyclic) bond motifs is 1. The number of hydrogen-bond acceptors (Lipinski definition) is 6. The molecule has 0 spiro atoms. The zero-order valence-corrected chi connectivity index (χ0v) is 13.0. The number of H-pyrrole nitrogens is 1. The number of nitrogens with zero attached hydrogens (tertiary/aromatic N) is 3. The lowest BCUT2D eigenvalue weighted by atomic mass is 9.85. The molecule has 0 aliphatic carbocycles. The summed E-state index contributed by atoms with van der Waals surface area (Å²) in [6, 6.07) is 4.01. The molecular weight excluding hydrogens is 313 g/mol. The van der Waals surface area contributed by atoms with Gasteiger partial charge in [0.15, 0.2) is 23.0 Å². The van der Waals surface area contributed by atoms with Gasteiger partial charge in [-0.2, -0.15) is 10.1 Å². The second-order valence-corrected chi connectivity index (χ2v) is 6.35. The first-order chi connectivity index (χ1) is 11.5. The minimum absolute atomic E-state index is 0.0752. The fraction of sp³-hybridized carbons (Fsp3) is 0.312. The minimum atomic E-state index is -0.726. The van der Waals surface area contributed by atoms with E-state index in [1.54, 1.807) is 12.3 Å². The first-order valence-electron chi connectivity index (χ1n) is 7.58. The van der Waals surface area contributed by atoms with Gasteiger partial charge in [-0.3, -0.25) is 5.10 Å². The van der Waals surface area contributed by atoms with Crippen LogP contribution in [0.4, 0.5) is 4.39 Å². The minimum Gasteiger partial charge on any atom is -0.505 e. The van der Waals surface area contributed by atoms with Crippen molar-refractivity contribution >= 4 is 11.0 Å². The summed E-state index contributed by atoms with van der Waals surface area (Å²) in [7, 11) is 0. The number of nitrogens with one attached hydrogen (secondary N) is 2. The number of ether oxygens (including phenoxy) is 1. The van der Waals surface area contributed by atoms with Gasteiger partial charge in [-0.05, 0) is 18.2 Å². The summed E-state index contributed by atoms with van der Waals surface area (Å²) in [5.41, 5.74) is 1.04. The van der Waals surface area contributed by atoms with Crippen molar-refractivity contribution < 1.29 is 14.2 Å². The lowest BCUT2D eigenvalue weighted by Gasteiger charge is -2.38. The molecule has 0 radical (unpaired) electrons. The zero-order valence-electron chi connectivity index (χ0n) is 13.0. The Bertz CT molecular complexity index is 907. The Morgan fingerprint density at radius 3 is 2.88 bits per heavy atom. The summed E-state index contributed by atoms with van der Waals surface area (Å²) in [6.45, 7) is 4.43. The Hall–Kier alpha value is -2.74. The Kier molecular flexibility index (Phi) is 3.34. The average molecular weight is 329 g/mol. The largest absolute Gasteiger partial charge is 0.505 e. The van der Waals surface area contributed by atoms with Gasteiger partial charge in [-0.1, -0.05) is 6.92 Å². The summed E-state index contributed by atoms with van der Waals surface area (Å²) >= 11 is 0. The van der Waals surface area contributed by atoms with Crippen LogP contribution >= 0.6 is 0 Å². The molecule has 1 saturated heterocycles. The molecule has 8 heteroatoms. The molecule has 7 nitrogen and oxygen atoms in total. The van der Waals surface area contributed by atoms with E-state index in [0.717, 1.165) is 13.1 Å². The van der Waals surface area contributed by atoms with Crippen LogP contribution < -0.4 is 10.1 Å². The van der Waals surface area contributed by atoms with Gasteiger partial charge in [0.05, 0.1) is 12.8 Å². The highest BCUT2D eigenvalue weighted by Gasteiger charge is 2.32. The molecule has 3 N–H and O–H groups in total. The van der Waals surface area contributed by atoms with E-state index in [0.29, 0.717) is 34.9 Å². The second-order valence-electron chi connectivity index (χ2n) is 6.35. The third-order valence-corrected chi connectivity index (χ3v) is 4.14. The zero-order chi connectivity index (χ0) is 16.7. The third kappa shape index (κ3) is 2.54. The van der Waals surface area contributed by atoms with Crippen molar-refractivity contribution in [2.75, 3.05) is 19.7 Å². The Labute approximate surface area is 136 Å². The summed E-state index contributed by atoms with van der Waals surface area (Å²) in [5.74, 6) is -0.428. The maximum atomic E-state index is 13.6. The van der Waals surface area contributed by atoms with Crippen molar-refractivity contribution in [1.29, 1.82) is 0 Å². The molecule has 24 heavy (non-hydrogen) atoms. The molecule has 2 aromatic heterocycles. The van der Waals surface area contributed by atoms with E-state index in [2.05, 4.69) is 32.4 Å². The number of aromatic nitrogens is 4. The van der Waals surface area contributed by atoms with Crippen LogP contribution in [0, 0.1) is 11.2 Å². The molecule has 4 rings (SSSR count). The van der Waals surface area contributed by atoms with Crippen LogP contribution in [0.1, 0.15) is 6.92 Å². The Morgan fingerprint density at radius 2 is 2.17 bits per heavy atom. The number of hydrogen-bond donors (Lipinski definition) is 3. The number of aromatic amines is 1. The van der Waals surface area contributed by atoms with Gasteiger partial charge >= 0.3 is 0 Å². The van der Waals surface area contributed by atoms with Crippen molar-refractivity contribution in [3.8, 4) is 23.0 Å². The lowest BCUT2D eigenvalue weighted by Crippen LogP contribution is -2.54. The first-order valence-corrected chi connectivity index (χ1v) is 7.58. The number of benzene rings is 1. The monoisotopic (exact) mass is 329 g/mol. The SMILES string of the molecule is CC1(COc2nc(-c3ccc(O)c(F)c3)nc3[nH]ncc23)CNC1. The van der Waals surface area contributed by atoms with Gasteiger partial charge in [0.25, 0.3) is 0 Å². The molecule has 0 saturated carbocycles. The highest BCUT2D eigenvalue weighted by molar-refractivity contribution is 5.81. The average Bonchev–Trinajstić information content (AvgIpc) is 3.02. The lowest BCUT2D eigenvalue weighted by molar-refractivity contribution is 0.0999. The van der Waals surface area contributed by atoms with Gasteiger partial charge in [0.2, 0.25) is 5.88 Å². The molecular formula is C16H16FN5O2. The van der Waals surface area contributed by atoms with Crippen molar-refractivity contribution in [2.45, 2.75) is 6.92 Å². The maximum Gasteiger partial charge on any atom is 0.228 e. The van der Waals surface area contributed by atoms with Gasteiger partial charge in [0, 0.05) is 24.1 Å². The predicted octanol–water partition coefficient (Wildman–Crippen LogP) is 1.85. The fourth-order valence-corrected chi connectivity index (χ4v) is 2.59. The van der Waals surface area contributed by atoms with E-state index < -0.39 is 11.6 Å². The quantitative estimate of drug-likeness (QED) is 0.676. The van der Waals surface area contributed by atoms with Crippen molar-refractivity contribution in [1.82, 2.24) is 25.5 Å². The smallest absolute Gasteiger partial charge is 0.228 e. The number of phenolic OH excluding ortho intramolecular Hbond substituents is 1. The van der Waals surface area contributed by atoms with E-state index in [1.165, 1.54) is 12.1 Å². The molecule has 0 amide bonds. The molecule has 1 fully saturated rings. The molecule has 3 heterocycles. The van der Waals surface area contributed by atoms with Crippen molar-refractivity contribution in [3.05, 3.63) is 30.2 Å². The summed E-state index contributed by atoms with van der Waals surface area (Å²) in [6.07, 6.45) is 1.60. The Balaban J connectivity index is 1.72. The van der Waals surface area contributed by atoms with Crippen LogP contribution in [0.2, 0.25) is 0 Å². The van der Waals surface area contributed by atoms with Crippen LogP contribution in [0.25, 0.3) is 22.4 Å². The van der Waals surface area contributed by atoms with Crippen LogP contribution in [0.15, 0.2) is 24.4 Å².